The first-order valence-corrected chi connectivity index (χ1v) is 10.3. The van der Waals surface area contributed by atoms with E-state index in [4.69, 9.17) is 4.74 Å². The molecule has 7 nitrogen and oxygen atoms in total. The van der Waals surface area contributed by atoms with Gasteiger partial charge in [-0.2, -0.15) is 0 Å². The molecule has 8 heteroatoms. The summed E-state index contributed by atoms with van der Waals surface area (Å²) >= 11 is 1.38. The molecule has 1 atom stereocenters. The van der Waals surface area contributed by atoms with Crippen molar-refractivity contribution in [1.82, 2.24) is 4.90 Å². The Hall–Kier alpha value is -3.00. The van der Waals surface area contributed by atoms with Crippen molar-refractivity contribution in [3.63, 3.8) is 0 Å². The normalized spacial score (nSPS) is 20.4. The zero-order chi connectivity index (χ0) is 20.6. The lowest BCUT2D eigenvalue weighted by atomic mass is 9.97. The predicted octanol–water partition coefficient (Wildman–Crippen LogP) is 2.86. The molecule has 1 aromatic carbocycles. The van der Waals surface area contributed by atoms with Crippen molar-refractivity contribution in [3.05, 3.63) is 52.2 Å². The van der Waals surface area contributed by atoms with Gasteiger partial charge >= 0.3 is 5.97 Å². The molecule has 2 aliphatic rings. The summed E-state index contributed by atoms with van der Waals surface area (Å²) in [7, 11) is 1.52. The third-order valence-corrected chi connectivity index (χ3v) is 6.36. The van der Waals surface area contributed by atoms with Gasteiger partial charge in [0.15, 0.2) is 5.78 Å². The van der Waals surface area contributed by atoms with Gasteiger partial charge in [0.05, 0.1) is 22.7 Å². The van der Waals surface area contributed by atoms with E-state index in [9.17, 15) is 19.2 Å². The first-order chi connectivity index (χ1) is 14.0. The number of fused-ring (bicyclic) bond motifs is 3. The van der Waals surface area contributed by atoms with E-state index in [0.29, 0.717) is 22.5 Å². The van der Waals surface area contributed by atoms with Crippen LogP contribution in [0, 0.1) is 0 Å². The molecule has 2 aliphatic heterocycles. The van der Waals surface area contributed by atoms with Crippen molar-refractivity contribution in [2.45, 2.75) is 31.3 Å². The van der Waals surface area contributed by atoms with Crippen molar-refractivity contribution in [2.75, 3.05) is 18.6 Å². The maximum Gasteiger partial charge on any atom is 0.353 e. The molecule has 0 N–H and O–H groups in total. The van der Waals surface area contributed by atoms with Crippen molar-refractivity contribution in [1.29, 1.82) is 0 Å². The van der Waals surface area contributed by atoms with Gasteiger partial charge in [-0.25, -0.2) is 4.79 Å². The van der Waals surface area contributed by atoms with Crippen molar-refractivity contribution in [2.24, 2.45) is 0 Å². The van der Waals surface area contributed by atoms with Gasteiger partial charge in [-0.1, -0.05) is 18.2 Å². The molecule has 1 fully saturated rings. The number of likely N-dealkylation sites (N-methyl/N-ethyl adjacent to an activating group) is 1. The highest BCUT2D eigenvalue weighted by Crippen LogP contribution is 2.44. The van der Waals surface area contributed by atoms with Crippen LogP contribution in [-0.2, 0) is 14.3 Å². The molecule has 4 rings (SSSR count). The topological polar surface area (TPSA) is 84.0 Å². The van der Waals surface area contributed by atoms with Gasteiger partial charge in [0.25, 0.3) is 5.91 Å². The average Bonchev–Trinajstić information content (AvgIpc) is 3.38. The Kier molecular flexibility index (Phi) is 4.96. The number of carbonyl (C=O) groups excluding carboxylic acids is 4. The largest absolute Gasteiger partial charge is 0.463 e. The second-order valence-corrected chi connectivity index (χ2v) is 8.01. The standard InChI is InChI=1S/C21H20N2O5S/c1-22-19(26)14-6-2-3-7-15(14)23-18(25)10-11-21(22,23)20(27)28-12-4-8-16(24)17-9-5-13-29-17/h2-3,5-7,9,13H,4,8,10-12H2,1H3/t21-/m1/s1. The Morgan fingerprint density at radius 3 is 2.72 bits per heavy atom. The van der Waals surface area contributed by atoms with Gasteiger partial charge in [-0.05, 0) is 30.0 Å². The molecule has 0 unspecified atom stereocenters. The molecule has 3 heterocycles. The lowest BCUT2D eigenvalue weighted by molar-refractivity contribution is -0.156. The summed E-state index contributed by atoms with van der Waals surface area (Å²) in [6.07, 6.45) is 0.967. The molecule has 2 amide bonds. The molecule has 0 saturated carbocycles. The third kappa shape index (κ3) is 3.04. The van der Waals surface area contributed by atoms with E-state index >= 15 is 0 Å². The first kappa shape index (κ1) is 19.3. The number of nitrogens with zero attached hydrogens (tertiary/aromatic N) is 2. The Morgan fingerprint density at radius 2 is 1.97 bits per heavy atom. The van der Waals surface area contributed by atoms with E-state index in [-0.39, 0.29) is 43.5 Å². The minimum absolute atomic E-state index is 0.00534. The SMILES string of the molecule is CN1C(=O)c2ccccc2N2C(=O)CC[C@@]12C(=O)OCCCC(=O)c1cccs1. The first-order valence-electron chi connectivity index (χ1n) is 9.41. The monoisotopic (exact) mass is 412 g/mol. The van der Waals surface area contributed by atoms with Crippen LogP contribution in [0.4, 0.5) is 5.69 Å². The van der Waals surface area contributed by atoms with E-state index in [0.717, 1.165) is 0 Å². The second-order valence-electron chi connectivity index (χ2n) is 7.07. The van der Waals surface area contributed by atoms with Gasteiger partial charge in [0.2, 0.25) is 11.6 Å². The molecule has 150 valence electrons. The number of rotatable bonds is 6. The summed E-state index contributed by atoms with van der Waals surface area (Å²) in [6.45, 7) is 0.0450. The van der Waals surface area contributed by atoms with Crippen LogP contribution in [0.2, 0.25) is 0 Å². The number of esters is 1. The number of ketones is 1. The number of ether oxygens (including phenoxy) is 1. The smallest absolute Gasteiger partial charge is 0.353 e. The number of hydrogen-bond acceptors (Lipinski definition) is 6. The highest BCUT2D eigenvalue weighted by molar-refractivity contribution is 7.12. The minimum Gasteiger partial charge on any atom is -0.463 e. The summed E-state index contributed by atoms with van der Waals surface area (Å²) in [5.41, 5.74) is -0.654. The fourth-order valence-electron chi connectivity index (χ4n) is 3.96. The van der Waals surface area contributed by atoms with Crippen molar-refractivity contribution >= 4 is 40.6 Å². The fourth-order valence-corrected chi connectivity index (χ4v) is 4.66. The molecule has 1 saturated heterocycles. The highest BCUT2D eigenvalue weighted by Gasteiger charge is 2.60. The summed E-state index contributed by atoms with van der Waals surface area (Å²) in [5, 5.41) is 1.84. The Balaban J connectivity index is 1.50. The summed E-state index contributed by atoms with van der Waals surface area (Å²) in [5.74, 6) is -1.18. The molecule has 0 spiro atoms. The van der Waals surface area contributed by atoms with Crippen LogP contribution in [0.1, 0.15) is 45.7 Å². The zero-order valence-corrected chi connectivity index (χ0v) is 16.7. The summed E-state index contributed by atoms with van der Waals surface area (Å²) < 4.78 is 5.46. The minimum atomic E-state index is -1.47. The van der Waals surface area contributed by atoms with Gasteiger partial charge in [-0.3, -0.25) is 19.3 Å². The molecular weight excluding hydrogens is 392 g/mol. The Morgan fingerprint density at radius 1 is 1.17 bits per heavy atom. The van der Waals surface area contributed by atoms with Crippen LogP contribution in [0.3, 0.4) is 0 Å². The van der Waals surface area contributed by atoms with E-state index in [1.54, 1.807) is 30.3 Å². The number of hydrogen-bond donors (Lipinski definition) is 0. The van der Waals surface area contributed by atoms with E-state index in [1.807, 2.05) is 11.4 Å². The molecule has 0 radical (unpaired) electrons. The maximum atomic E-state index is 13.1. The van der Waals surface area contributed by atoms with Gasteiger partial charge in [0, 0.05) is 26.3 Å². The molecular formula is C21H20N2O5S. The highest BCUT2D eigenvalue weighted by atomic mass is 32.1. The van der Waals surface area contributed by atoms with E-state index in [2.05, 4.69) is 0 Å². The predicted molar refractivity (Wildman–Crippen MR) is 107 cm³/mol. The van der Waals surface area contributed by atoms with Crippen LogP contribution in [0.5, 0.6) is 0 Å². The van der Waals surface area contributed by atoms with Gasteiger partial charge in [0.1, 0.15) is 0 Å². The lowest BCUT2D eigenvalue weighted by Crippen LogP contribution is -2.67. The van der Waals surface area contributed by atoms with Crippen molar-refractivity contribution in [3.8, 4) is 0 Å². The summed E-state index contributed by atoms with van der Waals surface area (Å²) in [4.78, 5) is 54.0. The van der Waals surface area contributed by atoms with Crippen LogP contribution < -0.4 is 4.90 Å². The molecule has 0 aliphatic carbocycles. The lowest BCUT2D eigenvalue weighted by Gasteiger charge is -2.46. The number of para-hydroxylation sites is 1. The number of benzene rings is 1. The van der Waals surface area contributed by atoms with Crippen LogP contribution in [0.15, 0.2) is 41.8 Å². The Bertz CT molecular complexity index is 987. The van der Waals surface area contributed by atoms with Crippen molar-refractivity contribution < 1.29 is 23.9 Å². The number of Topliss-reactive ketones (excluding diaryl/α,β-unsaturated/α-hetero) is 1. The van der Waals surface area contributed by atoms with Crippen LogP contribution in [0.25, 0.3) is 0 Å². The van der Waals surface area contributed by atoms with Crippen LogP contribution >= 0.6 is 11.3 Å². The van der Waals surface area contributed by atoms with E-state index < -0.39 is 11.6 Å². The Labute approximate surface area is 171 Å². The van der Waals surface area contributed by atoms with Gasteiger partial charge in [-0.15, -0.1) is 11.3 Å². The fraction of sp³-hybridized carbons (Fsp3) is 0.333. The van der Waals surface area contributed by atoms with Gasteiger partial charge < -0.3 is 9.64 Å². The second kappa shape index (κ2) is 7.44. The third-order valence-electron chi connectivity index (χ3n) is 5.45. The molecule has 29 heavy (non-hydrogen) atoms. The molecule has 2 aromatic rings. The number of anilines is 1. The average molecular weight is 412 g/mol. The van der Waals surface area contributed by atoms with E-state index in [1.165, 1.54) is 28.2 Å². The number of carbonyl (C=O) groups is 4. The number of amides is 2. The molecule has 1 aromatic heterocycles. The summed E-state index contributed by atoms with van der Waals surface area (Å²) in [6, 6.07) is 10.4. The number of thiophene rings is 1. The van der Waals surface area contributed by atoms with Crippen LogP contribution in [-0.4, -0.2) is 47.8 Å². The quantitative estimate of drug-likeness (QED) is 0.414. The molecule has 0 bridgehead atoms. The maximum absolute atomic E-state index is 13.1. The zero-order valence-electron chi connectivity index (χ0n) is 15.9.